The normalized spacial score (nSPS) is 19.2. The van der Waals surface area contributed by atoms with Gasteiger partial charge in [0.25, 0.3) is 0 Å². The highest BCUT2D eigenvalue weighted by Crippen LogP contribution is 2.10. The summed E-state index contributed by atoms with van der Waals surface area (Å²) in [4.78, 5) is 9.90. The molecule has 78 valence electrons. The van der Waals surface area contributed by atoms with Crippen LogP contribution in [0.5, 0.6) is 0 Å². The van der Waals surface area contributed by atoms with Gasteiger partial charge in [-0.3, -0.25) is 4.79 Å². The van der Waals surface area contributed by atoms with Crippen molar-refractivity contribution in [2.75, 3.05) is 6.61 Å². The van der Waals surface area contributed by atoms with Crippen molar-refractivity contribution in [1.82, 2.24) is 0 Å². The maximum Gasteiger partial charge on any atom is 0.303 e. The number of carboxylic acid groups (broad SMARTS) is 1. The Hall–Kier alpha value is -0.570. The van der Waals surface area contributed by atoms with Gasteiger partial charge < -0.3 is 9.84 Å². The average Bonchev–Trinajstić information content (AvgIpc) is 2.84. The van der Waals surface area contributed by atoms with Gasteiger partial charge in [0.15, 0.2) is 0 Å². The monoisotopic (exact) mass is 188 g/mol. The zero-order chi connectivity index (χ0) is 10.3. The Kier molecular flexibility index (Phi) is 6.59. The van der Waals surface area contributed by atoms with Crippen molar-refractivity contribution in [2.24, 2.45) is 5.92 Å². The summed E-state index contributed by atoms with van der Waals surface area (Å²) in [7, 11) is 0. The summed E-state index contributed by atoms with van der Waals surface area (Å²) in [6.07, 6.45) is 2.92. The van der Waals surface area contributed by atoms with Crippen molar-refractivity contribution < 1.29 is 14.6 Å². The Morgan fingerprint density at radius 2 is 2.15 bits per heavy atom. The van der Waals surface area contributed by atoms with E-state index in [0.717, 1.165) is 13.0 Å². The van der Waals surface area contributed by atoms with E-state index >= 15 is 0 Å². The van der Waals surface area contributed by atoms with E-state index in [2.05, 4.69) is 6.92 Å². The third kappa shape index (κ3) is 11.4. The fourth-order valence-electron chi connectivity index (χ4n) is 0.716. The van der Waals surface area contributed by atoms with Crippen molar-refractivity contribution in [3.63, 3.8) is 0 Å². The van der Waals surface area contributed by atoms with Crippen LogP contribution in [-0.2, 0) is 9.53 Å². The standard InChI is InChI=1S/C6H12O2.C4H8O/c1-5(2)3-4-6(7)8;1-2-4-3-5-4/h5H,3-4H2,1-2H3,(H,7,8);4H,2-3H2,1H3. The number of carbonyl (C=O) groups is 1. The molecule has 1 saturated heterocycles. The van der Waals surface area contributed by atoms with Crippen molar-refractivity contribution in [3.8, 4) is 0 Å². The Balaban J connectivity index is 0.000000243. The SMILES string of the molecule is CC(C)CCC(=O)O.CCC1CO1. The fraction of sp³-hybridized carbons (Fsp3) is 0.900. The lowest BCUT2D eigenvalue weighted by atomic mass is 10.1. The van der Waals surface area contributed by atoms with Crippen LogP contribution in [0.4, 0.5) is 0 Å². The second-order valence-electron chi connectivity index (χ2n) is 3.69. The Bertz CT molecular complexity index is 139. The van der Waals surface area contributed by atoms with Gasteiger partial charge in [-0.1, -0.05) is 20.8 Å². The number of rotatable bonds is 4. The largest absolute Gasteiger partial charge is 0.481 e. The molecule has 1 atom stereocenters. The number of ether oxygens (including phenoxy) is 1. The molecule has 0 aromatic heterocycles. The maximum atomic E-state index is 9.90. The Morgan fingerprint density at radius 3 is 2.23 bits per heavy atom. The first-order valence-corrected chi connectivity index (χ1v) is 4.89. The number of carboxylic acids is 1. The molecule has 3 heteroatoms. The van der Waals surface area contributed by atoms with E-state index < -0.39 is 5.97 Å². The Labute approximate surface area is 80.1 Å². The van der Waals surface area contributed by atoms with Crippen LogP contribution in [0, 0.1) is 5.92 Å². The molecule has 1 aliphatic rings. The van der Waals surface area contributed by atoms with Crippen molar-refractivity contribution in [3.05, 3.63) is 0 Å². The highest BCUT2D eigenvalue weighted by atomic mass is 16.6. The molecule has 0 radical (unpaired) electrons. The summed E-state index contributed by atoms with van der Waals surface area (Å²) >= 11 is 0. The third-order valence-electron chi connectivity index (χ3n) is 1.79. The summed E-state index contributed by atoms with van der Waals surface area (Å²) in [5.74, 6) is -0.190. The molecule has 0 aromatic rings. The molecule has 1 N–H and O–H groups in total. The topological polar surface area (TPSA) is 49.8 Å². The predicted octanol–water partition coefficient (Wildman–Crippen LogP) is 2.30. The fourth-order valence-corrected chi connectivity index (χ4v) is 0.716. The minimum atomic E-state index is -0.696. The number of aliphatic carboxylic acids is 1. The van der Waals surface area contributed by atoms with E-state index in [9.17, 15) is 4.79 Å². The van der Waals surface area contributed by atoms with Gasteiger partial charge in [-0.15, -0.1) is 0 Å². The van der Waals surface area contributed by atoms with E-state index in [0.29, 0.717) is 18.4 Å². The van der Waals surface area contributed by atoms with Gasteiger partial charge in [0.05, 0.1) is 12.7 Å². The highest BCUT2D eigenvalue weighted by molar-refractivity contribution is 5.66. The molecular weight excluding hydrogens is 168 g/mol. The van der Waals surface area contributed by atoms with Gasteiger partial charge in [-0.2, -0.15) is 0 Å². The van der Waals surface area contributed by atoms with Crippen molar-refractivity contribution in [2.45, 2.75) is 46.1 Å². The van der Waals surface area contributed by atoms with Crippen LogP contribution in [0.1, 0.15) is 40.0 Å². The predicted molar refractivity (Wildman–Crippen MR) is 51.7 cm³/mol. The molecule has 0 saturated carbocycles. The second-order valence-corrected chi connectivity index (χ2v) is 3.69. The molecular formula is C10H20O3. The zero-order valence-electron chi connectivity index (χ0n) is 8.75. The molecule has 1 aliphatic heterocycles. The van der Waals surface area contributed by atoms with Gasteiger partial charge in [0.2, 0.25) is 0 Å². The smallest absolute Gasteiger partial charge is 0.303 e. The first-order valence-electron chi connectivity index (χ1n) is 4.89. The molecule has 13 heavy (non-hydrogen) atoms. The van der Waals surface area contributed by atoms with E-state index in [1.165, 1.54) is 6.42 Å². The number of epoxide rings is 1. The molecule has 1 unspecified atom stereocenters. The minimum absolute atomic E-state index is 0.303. The van der Waals surface area contributed by atoms with Crippen LogP contribution in [0.2, 0.25) is 0 Å². The molecule has 0 bridgehead atoms. The molecule has 0 aliphatic carbocycles. The summed E-state index contributed by atoms with van der Waals surface area (Å²) in [6, 6.07) is 0. The lowest BCUT2D eigenvalue weighted by Gasteiger charge is -1.97. The molecule has 0 amide bonds. The number of hydrogen-bond acceptors (Lipinski definition) is 2. The van der Waals surface area contributed by atoms with Gasteiger partial charge in [-0.05, 0) is 18.8 Å². The summed E-state index contributed by atoms with van der Waals surface area (Å²) in [5.41, 5.74) is 0. The van der Waals surface area contributed by atoms with E-state index in [-0.39, 0.29) is 0 Å². The molecule has 1 rings (SSSR count). The third-order valence-corrected chi connectivity index (χ3v) is 1.79. The zero-order valence-corrected chi connectivity index (χ0v) is 8.75. The van der Waals surface area contributed by atoms with Crippen LogP contribution >= 0.6 is 0 Å². The van der Waals surface area contributed by atoms with E-state index in [1.807, 2.05) is 13.8 Å². The minimum Gasteiger partial charge on any atom is -0.481 e. The van der Waals surface area contributed by atoms with Crippen LogP contribution in [-0.4, -0.2) is 23.8 Å². The molecule has 1 fully saturated rings. The lowest BCUT2D eigenvalue weighted by Crippen LogP contribution is -1.97. The molecule has 1 heterocycles. The highest BCUT2D eigenvalue weighted by Gasteiger charge is 2.18. The maximum absolute atomic E-state index is 9.90. The van der Waals surface area contributed by atoms with E-state index in [4.69, 9.17) is 9.84 Å². The van der Waals surface area contributed by atoms with Crippen molar-refractivity contribution >= 4 is 5.97 Å². The quantitative estimate of drug-likeness (QED) is 0.689. The number of hydrogen-bond donors (Lipinski definition) is 1. The van der Waals surface area contributed by atoms with E-state index in [1.54, 1.807) is 0 Å². The van der Waals surface area contributed by atoms with Crippen LogP contribution < -0.4 is 0 Å². The second kappa shape index (κ2) is 6.89. The average molecular weight is 188 g/mol. The first kappa shape index (κ1) is 12.4. The summed E-state index contributed by atoms with van der Waals surface area (Å²) in [6.45, 7) is 7.18. The van der Waals surface area contributed by atoms with Crippen LogP contribution in [0.3, 0.4) is 0 Å². The van der Waals surface area contributed by atoms with Crippen LogP contribution in [0.25, 0.3) is 0 Å². The van der Waals surface area contributed by atoms with Gasteiger partial charge in [0, 0.05) is 6.42 Å². The van der Waals surface area contributed by atoms with Gasteiger partial charge in [-0.25, -0.2) is 0 Å². The Morgan fingerprint density at radius 1 is 1.62 bits per heavy atom. The van der Waals surface area contributed by atoms with Gasteiger partial charge in [0.1, 0.15) is 0 Å². The lowest BCUT2D eigenvalue weighted by molar-refractivity contribution is -0.137. The summed E-state index contributed by atoms with van der Waals surface area (Å²) in [5, 5.41) is 8.16. The van der Waals surface area contributed by atoms with Gasteiger partial charge >= 0.3 is 5.97 Å². The summed E-state index contributed by atoms with van der Waals surface area (Å²) < 4.78 is 4.86. The molecule has 0 spiro atoms. The van der Waals surface area contributed by atoms with Crippen LogP contribution in [0.15, 0.2) is 0 Å². The first-order chi connectivity index (χ1) is 6.06. The molecule has 0 aromatic carbocycles. The van der Waals surface area contributed by atoms with Crippen molar-refractivity contribution in [1.29, 1.82) is 0 Å². The molecule has 3 nitrogen and oxygen atoms in total.